The number of hydrogen-bond donors (Lipinski definition) is 1. The van der Waals surface area contributed by atoms with Crippen LogP contribution in [0.5, 0.6) is 0 Å². The molecule has 0 aliphatic heterocycles. The molecule has 17 heavy (non-hydrogen) atoms. The zero-order chi connectivity index (χ0) is 12.4. The number of aromatic nitrogens is 2. The van der Waals surface area contributed by atoms with E-state index in [1.165, 1.54) is 12.1 Å². The molecule has 1 heterocycles. The first-order chi connectivity index (χ1) is 8.13. The predicted molar refractivity (Wildman–Crippen MR) is 66.1 cm³/mol. The summed E-state index contributed by atoms with van der Waals surface area (Å²) >= 11 is 0. The van der Waals surface area contributed by atoms with Crippen molar-refractivity contribution in [3.8, 4) is 11.3 Å². The van der Waals surface area contributed by atoms with Crippen LogP contribution in [-0.2, 0) is 13.6 Å². The SMILES string of the molecule is CNCc1nc(C)c(-c2cccc(F)c2)n1C. The lowest BCUT2D eigenvalue weighted by molar-refractivity contribution is 0.628. The predicted octanol–water partition coefficient (Wildman–Crippen LogP) is 2.25. The lowest BCUT2D eigenvalue weighted by Crippen LogP contribution is -2.10. The fourth-order valence-corrected chi connectivity index (χ4v) is 2.05. The van der Waals surface area contributed by atoms with Crippen LogP contribution in [0.1, 0.15) is 11.5 Å². The van der Waals surface area contributed by atoms with Gasteiger partial charge < -0.3 is 9.88 Å². The molecule has 0 unspecified atom stereocenters. The molecule has 0 saturated carbocycles. The summed E-state index contributed by atoms with van der Waals surface area (Å²) in [4.78, 5) is 4.48. The molecule has 2 rings (SSSR count). The molecule has 0 spiro atoms. The highest BCUT2D eigenvalue weighted by Gasteiger charge is 2.12. The Kier molecular flexibility index (Phi) is 3.24. The summed E-state index contributed by atoms with van der Waals surface area (Å²) in [5.41, 5.74) is 2.75. The summed E-state index contributed by atoms with van der Waals surface area (Å²) in [6, 6.07) is 6.60. The third-order valence-electron chi connectivity index (χ3n) is 2.79. The first-order valence-corrected chi connectivity index (χ1v) is 5.56. The summed E-state index contributed by atoms with van der Waals surface area (Å²) in [6.45, 7) is 2.64. The van der Waals surface area contributed by atoms with Gasteiger partial charge in [0.25, 0.3) is 0 Å². The maximum Gasteiger partial charge on any atom is 0.123 e. The van der Waals surface area contributed by atoms with Crippen molar-refractivity contribution < 1.29 is 4.39 Å². The summed E-state index contributed by atoms with van der Waals surface area (Å²) < 4.78 is 15.2. The molecule has 0 radical (unpaired) electrons. The second-order valence-corrected chi connectivity index (χ2v) is 4.06. The second kappa shape index (κ2) is 4.67. The van der Waals surface area contributed by atoms with Crippen molar-refractivity contribution in [2.24, 2.45) is 7.05 Å². The molecule has 90 valence electrons. The average Bonchev–Trinajstić information content (AvgIpc) is 2.55. The number of imidazole rings is 1. The van der Waals surface area contributed by atoms with Crippen LogP contribution in [0.4, 0.5) is 4.39 Å². The minimum atomic E-state index is -0.224. The quantitative estimate of drug-likeness (QED) is 0.881. The molecular weight excluding hydrogens is 217 g/mol. The molecule has 1 N–H and O–H groups in total. The summed E-state index contributed by atoms with van der Waals surface area (Å²) in [5.74, 6) is 0.725. The molecular formula is C13H16FN3. The first kappa shape index (κ1) is 11.8. The van der Waals surface area contributed by atoms with Gasteiger partial charge in [-0.25, -0.2) is 9.37 Å². The van der Waals surface area contributed by atoms with Crippen molar-refractivity contribution in [2.75, 3.05) is 7.05 Å². The van der Waals surface area contributed by atoms with E-state index in [-0.39, 0.29) is 5.82 Å². The zero-order valence-electron chi connectivity index (χ0n) is 10.3. The second-order valence-electron chi connectivity index (χ2n) is 4.06. The number of nitrogens with one attached hydrogen (secondary N) is 1. The molecule has 0 amide bonds. The Morgan fingerprint density at radius 2 is 2.18 bits per heavy atom. The van der Waals surface area contributed by atoms with Gasteiger partial charge in [-0.3, -0.25) is 0 Å². The Balaban J connectivity index is 2.52. The van der Waals surface area contributed by atoms with E-state index in [9.17, 15) is 4.39 Å². The van der Waals surface area contributed by atoms with Crippen molar-refractivity contribution in [3.05, 3.63) is 41.6 Å². The highest BCUT2D eigenvalue weighted by Crippen LogP contribution is 2.24. The van der Waals surface area contributed by atoms with E-state index in [0.717, 1.165) is 22.8 Å². The summed E-state index contributed by atoms with van der Waals surface area (Å²) in [6.07, 6.45) is 0. The van der Waals surface area contributed by atoms with Crippen LogP contribution in [0, 0.1) is 12.7 Å². The topological polar surface area (TPSA) is 29.9 Å². The van der Waals surface area contributed by atoms with Gasteiger partial charge >= 0.3 is 0 Å². The molecule has 0 saturated heterocycles. The Hall–Kier alpha value is -1.68. The highest BCUT2D eigenvalue weighted by molar-refractivity contribution is 5.62. The van der Waals surface area contributed by atoms with Gasteiger partial charge in [0, 0.05) is 12.6 Å². The van der Waals surface area contributed by atoms with Crippen LogP contribution in [0.3, 0.4) is 0 Å². The van der Waals surface area contributed by atoms with Crippen LogP contribution in [0.15, 0.2) is 24.3 Å². The number of rotatable bonds is 3. The van der Waals surface area contributed by atoms with E-state index < -0.39 is 0 Å². The monoisotopic (exact) mass is 233 g/mol. The van der Waals surface area contributed by atoms with Crippen molar-refractivity contribution in [1.29, 1.82) is 0 Å². The molecule has 1 aromatic carbocycles. The van der Waals surface area contributed by atoms with Crippen LogP contribution in [0.25, 0.3) is 11.3 Å². The maximum absolute atomic E-state index is 13.2. The Labute approximate surface area is 100 Å². The maximum atomic E-state index is 13.2. The Morgan fingerprint density at radius 3 is 2.82 bits per heavy atom. The van der Waals surface area contributed by atoms with Crippen molar-refractivity contribution in [1.82, 2.24) is 14.9 Å². The van der Waals surface area contributed by atoms with Gasteiger partial charge in [0.15, 0.2) is 0 Å². The van der Waals surface area contributed by atoms with Crippen LogP contribution < -0.4 is 5.32 Å². The van der Waals surface area contributed by atoms with E-state index in [2.05, 4.69) is 10.3 Å². The first-order valence-electron chi connectivity index (χ1n) is 5.56. The van der Waals surface area contributed by atoms with Gasteiger partial charge in [0.1, 0.15) is 11.6 Å². The molecule has 0 aliphatic rings. The number of halogens is 1. The van der Waals surface area contributed by atoms with Crippen LogP contribution >= 0.6 is 0 Å². The van der Waals surface area contributed by atoms with E-state index in [1.54, 1.807) is 6.07 Å². The average molecular weight is 233 g/mol. The number of hydrogen-bond acceptors (Lipinski definition) is 2. The van der Waals surface area contributed by atoms with E-state index >= 15 is 0 Å². The van der Waals surface area contributed by atoms with Crippen LogP contribution in [-0.4, -0.2) is 16.6 Å². The number of benzene rings is 1. The molecule has 0 fully saturated rings. The largest absolute Gasteiger partial charge is 0.330 e. The highest BCUT2D eigenvalue weighted by atomic mass is 19.1. The Bertz CT molecular complexity index is 531. The molecule has 2 aromatic rings. The lowest BCUT2D eigenvalue weighted by Gasteiger charge is -2.06. The fraction of sp³-hybridized carbons (Fsp3) is 0.308. The van der Waals surface area contributed by atoms with Gasteiger partial charge in [0.05, 0.1) is 17.9 Å². The summed E-state index contributed by atoms with van der Waals surface area (Å²) in [5, 5.41) is 3.07. The van der Waals surface area contributed by atoms with Crippen LogP contribution in [0.2, 0.25) is 0 Å². The van der Waals surface area contributed by atoms with E-state index in [0.29, 0.717) is 6.54 Å². The molecule has 0 atom stereocenters. The number of aryl methyl sites for hydroxylation is 1. The third-order valence-corrected chi connectivity index (χ3v) is 2.79. The van der Waals surface area contributed by atoms with Crippen molar-refractivity contribution in [3.63, 3.8) is 0 Å². The minimum absolute atomic E-state index is 0.224. The number of nitrogens with zero attached hydrogens (tertiary/aromatic N) is 2. The normalized spacial score (nSPS) is 10.8. The van der Waals surface area contributed by atoms with Gasteiger partial charge in [-0.05, 0) is 26.1 Å². The lowest BCUT2D eigenvalue weighted by atomic mass is 10.1. The van der Waals surface area contributed by atoms with Crippen molar-refractivity contribution >= 4 is 0 Å². The van der Waals surface area contributed by atoms with Gasteiger partial charge in [-0.2, -0.15) is 0 Å². The fourth-order valence-electron chi connectivity index (χ4n) is 2.05. The molecule has 1 aromatic heterocycles. The summed E-state index contributed by atoms with van der Waals surface area (Å²) in [7, 11) is 3.83. The van der Waals surface area contributed by atoms with Gasteiger partial charge in [-0.1, -0.05) is 12.1 Å². The minimum Gasteiger partial charge on any atom is -0.330 e. The van der Waals surface area contributed by atoms with Gasteiger partial charge in [0.2, 0.25) is 0 Å². The van der Waals surface area contributed by atoms with Crippen molar-refractivity contribution in [2.45, 2.75) is 13.5 Å². The smallest absolute Gasteiger partial charge is 0.123 e. The molecule has 0 bridgehead atoms. The van der Waals surface area contributed by atoms with E-state index in [4.69, 9.17) is 0 Å². The molecule has 4 heteroatoms. The van der Waals surface area contributed by atoms with E-state index in [1.807, 2.05) is 31.7 Å². The molecule has 0 aliphatic carbocycles. The Morgan fingerprint density at radius 1 is 1.41 bits per heavy atom. The standard InChI is InChI=1S/C13H16FN3/c1-9-13(10-5-4-6-11(14)7-10)17(3)12(16-9)8-15-2/h4-7,15H,8H2,1-3H3. The zero-order valence-corrected chi connectivity index (χ0v) is 10.3. The third kappa shape index (κ3) is 2.22. The molecule has 3 nitrogen and oxygen atoms in total. The van der Waals surface area contributed by atoms with Gasteiger partial charge in [-0.15, -0.1) is 0 Å².